The summed E-state index contributed by atoms with van der Waals surface area (Å²) in [5, 5.41) is 4.41. The number of ether oxygens (including phenoxy) is 1. The minimum atomic E-state index is -1.74. The fourth-order valence-corrected chi connectivity index (χ4v) is 2.40. The van der Waals surface area contributed by atoms with Gasteiger partial charge < -0.3 is 15.4 Å². The van der Waals surface area contributed by atoms with E-state index in [9.17, 15) is 27.6 Å². The van der Waals surface area contributed by atoms with Gasteiger partial charge in [-0.1, -0.05) is 23.2 Å². The SMILES string of the molecule is O=C(COC(=O)c1ccc(Cl)cc1Cl)NCC(=O)Nc1ccc(F)c(F)c1F. The summed E-state index contributed by atoms with van der Waals surface area (Å²) in [4.78, 5) is 35.1. The predicted octanol–water partition coefficient (Wildman–Crippen LogP) is 3.32. The van der Waals surface area contributed by atoms with Crippen LogP contribution in [-0.2, 0) is 14.3 Å². The lowest BCUT2D eigenvalue weighted by Gasteiger charge is -2.09. The second-order valence-electron chi connectivity index (χ2n) is 5.25. The second kappa shape index (κ2) is 9.43. The first-order valence-electron chi connectivity index (χ1n) is 7.51. The van der Waals surface area contributed by atoms with Gasteiger partial charge in [0.15, 0.2) is 24.1 Å². The number of esters is 1. The summed E-state index contributed by atoms with van der Waals surface area (Å²) in [6.07, 6.45) is 0. The molecule has 2 rings (SSSR count). The minimum Gasteiger partial charge on any atom is -0.452 e. The van der Waals surface area contributed by atoms with E-state index in [1.807, 2.05) is 5.32 Å². The molecule has 0 spiro atoms. The Hall–Kier alpha value is -2.78. The van der Waals surface area contributed by atoms with Crippen molar-refractivity contribution in [1.82, 2.24) is 5.32 Å². The summed E-state index contributed by atoms with van der Waals surface area (Å²) in [5.41, 5.74) is -0.604. The highest BCUT2D eigenvalue weighted by Gasteiger charge is 2.17. The molecule has 0 fully saturated rings. The number of amides is 2. The first-order chi connectivity index (χ1) is 13.2. The minimum absolute atomic E-state index is 0.00887. The van der Waals surface area contributed by atoms with Gasteiger partial charge in [0.2, 0.25) is 5.91 Å². The van der Waals surface area contributed by atoms with E-state index in [2.05, 4.69) is 5.32 Å². The van der Waals surface area contributed by atoms with Gasteiger partial charge in [0.1, 0.15) is 0 Å². The lowest BCUT2D eigenvalue weighted by molar-refractivity contribution is -0.126. The van der Waals surface area contributed by atoms with Crippen molar-refractivity contribution < 1.29 is 32.3 Å². The van der Waals surface area contributed by atoms with Crippen molar-refractivity contribution in [2.24, 2.45) is 0 Å². The monoisotopic (exact) mass is 434 g/mol. The molecule has 11 heteroatoms. The number of hydrogen-bond acceptors (Lipinski definition) is 4. The van der Waals surface area contributed by atoms with Crippen molar-refractivity contribution in [1.29, 1.82) is 0 Å². The number of rotatable bonds is 6. The Morgan fingerprint density at radius 3 is 2.36 bits per heavy atom. The zero-order valence-corrected chi connectivity index (χ0v) is 15.3. The van der Waals surface area contributed by atoms with E-state index in [4.69, 9.17) is 27.9 Å². The van der Waals surface area contributed by atoms with Crippen LogP contribution in [0.3, 0.4) is 0 Å². The molecule has 0 saturated heterocycles. The standard InChI is InChI=1S/C17H11Cl2F3N2O4/c18-8-1-2-9(10(19)5-8)17(27)28-7-14(26)23-6-13(25)24-12-4-3-11(20)15(21)16(12)22/h1-5H,6-7H2,(H,23,26)(H,24,25). The van der Waals surface area contributed by atoms with Crippen LogP contribution in [0.4, 0.5) is 18.9 Å². The Morgan fingerprint density at radius 2 is 1.68 bits per heavy atom. The quantitative estimate of drug-likeness (QED) is 0.539. The molecule has 148 valence electrons. The summed E-state index contributed by atoms with van der Waals surface area (Å²) in [5.74, 6) is -7.36. The van der Waals surface area contributed by atoms with Crippen molar-refractivity contribution in [3.63, 3.8) is 0 Å². The summed E-state index contributed by atoms with van der Waals surface area (Å²) in [7, 11) is 0. The number of benzene rings is 2. The highest BCUT2D eigenvalue weighted by Crippen LogP contribution is 2.21. The smallest absolute Gasteiger partial charge is 0.340 e. The van der Waals surface area contributed by atoms with Crippen molar-refractivity contribution in [3.8, 4) is 0 Å². The Balaban J connectivity index is 1.81. The number of nitrogens with one attached hydrogen (secondary N) is 2. The molecule has 0 heterocycles. The van der Waals surface area contributed by atoms with Gasteiger partial charge in [0.25, 0.3) is 5.91 Å². The van der Waals surface area contributed by atoms with E-state index < -0.39 is 54.1 Å². The van der Waals surface area contributed by atoms with E-state index >= 15 is 0 Å². The van der Waals surface area contributed by atoms with Crippen LogP contribution in [0.5, 0.6) is 0 Å². The molecule has 0 bridgehead atoms. The first kappa shape index (κ1) is 21.5. The van der Waals surface area contributed by atoms with Crippen molar-refractivity contribution in [2.45, 2.75) is 0 Å². The Labute approximate surface area is 166 Å². The van der Waals surface area contributed by atoms with Crippen LogP contribution in [0.25, 0.3) is 0 Å². The topological polar surface area (TPSA) is 84.5 Å². The maximum Gasteiger partial charge on any atom is 0.340 e. The van der Waals surface area contributed by atoms with E-state index in [1.165, 1.54) is 18.2 Å². The molecule has 0 radical (unpaired) electrons. The maximum absolute atomic E-state index is 13.5. The summed E-state index contributed by atoms with van der Waals surface area (Å²) in [6, 6.07) is 5.50. The molecule has 2 aromatic rings. The molecular weight excluding hydrogens is 424 g/mol. The number of carbonyl (C=O) groups excluding carboxylic acids is 3. The number of hydrogen-bond donors (Lipinski definition) is 2. The zero-order valence-electron chi connectivity index (χ0n) is 13.8. The van der Waals surface area contributed by atoms with Gasteiger partial charge >= 0.3 is 5.97 Å². The third-order valence-electron chi connectivity index (χ3n) is 3.24. The molecule has 2 aromatic carbocycles. The third kappa shape index (κ3) is 5.61. The highest BCUT2D eigenvalue weighted by molar-refractivity contribution is 6.36. The molecule has 0 aliphatic carbocycles. The first-order valence-corrected chi connectivity index (χ1v) is 8.27. The Bertz CT molecular complexity index is 941. The normalized spacial score (nSPS) is 10.3. The van der Waals surface area contributed by atoms with Gasteiger partial charge in [-0.2, -0.15) is 0 Å². The number of halogens is 5. The van der Waals surface area contributed by atoms with E-state index in [0.717, 1.165) is 6.07 Å². The summed E-state index contributed by atoms with van der Waals surface area (Å²) >= 11 is 11.5. The molecule has 2 amide bonds. The molecule has 0 aliphatic heterocycles. The van der Waals surface area contributed by atoms with Crippen LogP contribution >= 0.6 is 23.2 Å². The Kier molecular flexibility index (Phi) is 7.24. The number of carbonyl (C=O) groups is 3. The van der Waals surface area contributed by atoms with E-state index in [0.29, 0.717) is 11.1 Å². The van der Waals surface area contributed by atoms with Crippen LogP contribution in [-0.4, -0.2) is 30.9 Å². The average molecular weight is 435 g/mol. The van der Waals surface area contributed by atoms with Crippen LogP contribution in [0.15, 0.2) is 30.3 Å². The molecular formula is C17H11Cl2F3N2O4. The fraction of sp³-hybridized carbons (Fsp3) is 0.118. The van der Waals surface area contributed by atoms with Crippen LogP contribution in [0, 0.1) is 17.5 Å². The average Bonchev–Trinajstić information content (AvgIpc) is 2.65. The van der Waals surface area contributed by atoms with Crippen molar-refractivity contribution in [3.05, 3.63) is 63.4 Å². The van der Waals surface area contributed by atoms with Gasteiger partial charge in [-0.3, -0.25) is 9.59 Å². The van der Waals surface area contributed by atoms with E-state index in [1.54, 1.807) is 0 Å². The van der Waals surface area contributed by atoms with Crippen molar-refractivity contribution in [2.75, 3.05) is 18.5 Å². The molecule has 0 saturated carbocycles. The summed E-state index contributed by atoms with van der Waals surface area (Å²) < 4.78 is 44.1. The second-order valence-corrected chi connectivity index (χ2v) is 6.09. The highest BCUT2D eigenvalue weighted by atomic mass is 35.5. The largest absolute Gasteiger partial charge is 0.452 e. The zero-order chi connectivity index (χ0) is 20.8. The maximum atomic E-state index is 13.5. The summed E-state index contributed by atoms with van der Waals surface area (Å²) in [6.45, 7) is -1.35. The predicted molar refractivity (Wildman–Crippen MR) is 94.7 cm³/mol. The lowest BCUT2D eigenvalue weighted by atomic mass is 10.2. The van der Waals surface area contributed by atoms with Crippen molar-refractivity contribution >= 4 is 46.7 Å². The van der Waals surface area contributed by atoms with Gasteiger partial charge in [-0.25, -0.2) is 18.0 Å². The molecule has 0 aromatic heterocycles. The van der Waals surface area contributed by atoms with Crippen LogP contribution in [0.2, 0.25) is 10.0 Å². The van der Waals surface area contributed by atoms with Crippen LogP contribution in [0.1, 0.15) is 10.4 Å². The molecule has 2 N–H and O–H groups in total. The van der Waals surface area contributed by atoms with Gasteiger partial charge in [0, 0.05) is 5.02 Å². The number of anilines is 1. The fourth-order valence-electron chi connectivity index (χ4n) is 1.91. The molecule has 28 heavy (non-hydrogen) atoms. The molecule has 0 aliphatic rings. The van der Waals surface area contributed by atoms with Crippen LogP contribution < -0.4 is 10.6 Å². The van der Waals surface area contributed by atoms with Gasteiger partial charge in [-0.15, -0.1) is 0 Å². The lowest BCUT2D eigenvalue weighted by Crippen LogP contribution is -2.35. The van der Waals surface area contributed by atoms with Gasteiger partial charge in [-0.05, 0) is 30.3 Å². The Morgan fingerprint density at radius 1 is 0.964 bits per heavy atom. The van der Waals surface area contributed by atoms with Gasteiger partial charge in [0.05, 0.1) is 22.8 Å². The van der Waals surface area contributed by atoms with E-state index in [-0.39, 0.29) is 10.6 Å². The molecule has 6 nitrogen and oxygen atoms in total. The molecule has 0 unspecified atom stereocenters. The third-order valence-corrected chi connectivity index (χ3v) is 3.79. The molecule has 0 atom stereocenters.